The molecule has 58 heavy (non-hydrogen) atoms. The fourth-order valence-corrected chi connectivity index (χ4v) is 9.90. The molecule has 0 unspecified atom stereocenters. The summed E-state index contributed by atoms with van der Waals surface area (Å²) in [5.41, 5.74) is 8.56. The van der Waals surface area contributed by atoms with Crippen molar-refractivity contribution in [2.75, 3.05) is 0 Å². The molecular formula is C53H32N4S. The maximum Gasteiger partial charge on any atom is 0.238 e. The van der Waals surface area contributed by atoms with E-state index in [-0.39, 0.29) is 0 Å². The molecule has 270 valence electrons. The molecule has 0 amide bonds. The molecule has 12 rings (SSSR count). The van der Waals surface area contributed by atoms with Crippen LogP contribution in [0, 0.1) is 0 Å². The molecule has 0 spiro atoms. The third kappa shape index (κ3) is 5.18. The number of nitrogens with zero attached hydrogens (tertiary/aromatic N) is 4. The minimum atomic E-state index is 0.577. The van der Waals surface area contributed by atoms with Gasteiger partial charge >= 0.3 is 0 Å². The third-order valence-electron chi connectivity index (χ3n) is 11.5. The highest BCUT2D eigenvalue weighted by atomic mass is 32.1. The Kier molecular flexibility index (Phi) is 7.37. The Morgan fingerprint density at radius 3 is 1.67 bits per heavy atom. The van der Waals surface area contributed by atoms with Crippen LogP contribution in [-0.2, 0) is 0 Å². The molecule has 9 aromatic carbocycles. The smallest absolute Gasteiger partial charge is 0.238 e. The van der Waals surface area contributed by atoms with E-state index in [0.717, 1.165) is 44.2 Å². The summed E-state index contributed by atoms with van der Waals surface area (Å²) in [6, 6.07) is 69.1. The van der Waals surface area contributed by atoms with Crippen LogP contribution in [0.15, 0.2) is 194 Å². The molecule has 0 aliphatic heterocycles. The van der Waals surface area contributed by atoms with Crippen LogP contribution in [0.4, 0.5) is 0 Å². The van der Waals surface area contributed by atoms with Crippen molar-refractivity contribution in [1.82, 2.24) is 19.5 Å². The predicted octanol–water partition coefficient (Wildman–Crippen LogP) is 14.3. The summed E-state index contributed by atoms with van der Waals surface area (Å²) in [5, 5.41) is 9.89. The monoisotopic (exact) mass is 756 g/mol. The lowest BCUT2D eigenvalue weighted by molar-refractivity contribution is 0.954. The van der Waals surface area contributed by atoms with Gasteiger partial charge < -0.3 is 0 Å². The maximum absolute atomic E-state index is 5.34. The van der Waals surface area contributed by atoms with Crippen LogP contribution in [-0.4, -0.2) is 19.5 Å². The topological polar surface area (TPSA) is 43.6 Å². The van der Waals surface area contributed by atoms with E-state index < -0.39 is 0 Å². The van der Waals surface area contributed by atoms with Gasteiger partial charge in [0, 0.05) is 47.6 Å². The predicted molar refractivity (Wildman–Crippen MR) is 244 cm³/mol. The zero-order valence-electron chi connectivity index (χ0n) is 31.2. The van der Waals surface area contributed by atoms with Crippen molar-refractivity contribution in [3.63, 3.8) is 0 Å². The van der Waals surface area contributed by atoms with Gasteiger partial charge in [0.1, 0.15) is 0 Å². The normalized spacial score (nSPS) is 11.8. The highest BCUT2D eigenvalue weighted by Gasteiger charge is 2.22. The zero-order chi connectivity index (χ0) is 38.2. The second-order valence-corrected chi connectivity index (χ2v) is 15.9. The molecule has 0 radical (unpaired) electrons. The second kappa shape index (κ2) is 13.1. The van der Waals surface area contributed by atoms with Gasteiger partial charge in [-0.05, 0) is 56.4 Å². The number of hydrogen-bond acceptors (Lipinski definition) is 4. The summed E-state index contributed by atoms with van der Waals surface area (Å²) in [6.45, 7) is 0. The first-order chi connectivity index (χ1) is 28.7. The fourth-order valence-electron chi connectivity index (χ4n) is 8.74. The maximum atomic E-state index is 5.34. The van der Waals surface area contributed by atoms with Crippen molar-refractivity contribution >= 4 is 74.9 Å². The number of aromatic nitrogens is 4. The summed E-state index contributed by atoms with van der Waals surface area (Å²) >= 11 is 1.86. The Bertz CT molecular complexity index is 3550. The molecular weight excluding hydrogens is 725 g/mol. The van der Waals surface area contributed by atoms with Crippen LogP contribution in [0.25, 0.3) is 115 Å². The molecule has 3 aromatic heterocycles. The molecule has 0 saturated heterocycles. The summed E-state index contributed by atoms with van der Waals surface area (Å²) < 4.78 is 4.83. The van der Waals surface area contributed by atoms with Gasteiger partial charge in [0.2, 0.25) is 5.95 Å². The van der Waals surface area contributed by atoms with Crippen LogP contribution in [0.3, 0.4) is 0 Å². The van der Waals surface area contributed by atoms with E-state index in [1.165, 1.54) is 52.7 Å². The van der Waals surface area contributed by atoms with E-state index in [4.69, 9.17) is 15.0 Å². The first-order valence-corrected chi connectivity index (χ1v) is 20.3. The summed E-state index contributed by atoms with van der Waals surface area (Å²) in [4.78, 5) is 15.8. The minimum absolute atomic E-state index is 0.577. The minimum Gasteiger partial charge on any atom is -0.277 e. The second-order valence-electron chi connectivity index (χ2n) is 14.8. The van der Waals surface area contributed by atoms with E-state index in [9.17, 15) is 0 Å². The van der Waals surface area contributed by atoms with E-state index in [1.54, 1.807) is 0 Å². The van der Waals surface area contributed by atoms with Gasteiger partial charge in [-0.1, -0.05) is 176 Å². The van der Waals surface area contributed by atoms with Crippen LogP contribution >= 0.6 is 11.3 Å². The molecule has 12 aromatic rings. The molecule has 0 fully saturated rings. The molecule has 0 bridgehead atoms. The van der Waals surface area contributed by atoms with Crippen LogP contribution in [0.5, 0.6) is 0 Å². The number of benzene rings is 9. The van der Waals surface area contributed by atoms with E-state index in [0.29, 0.717) is 17.6 Å². The Hall–Kier alpha value is -7.47. The van der Waals surface area contributed by atoms with E-state index in [1.807, 2.05) is 35.6 Å². The van der Waals surface area contributed by atoms with E-state index in [2.05, 4.69) is 174 Å². The van der Waals surface area contributed by atoms with Crippen molar-refractivity contribution in [2.45, 2.75) is 0 Å². The van der Waals surface area contributed by atoms with Crippen molar-refractivity contribution in [2.24, 2.45) is 0 Å². The average molecular weight is 757 g/mol. The van der Waals surface area contributed by atoms with E-state index >= 15 is 0 Å². The Balaban J connectivity index is 1.13. The molecule has 0 aliphatic rings. The van der Waals surface area contributed by atoms with Gasteiger partial charge in [-0.2, -0.15) is 9.97 Å². The van der Waals surface area contributed by atoms with Gasteiger partial charge in [-0.3, -0.25) is 4.57 Å². The fraction of sp³-hybridized carbons (Fsp3) is 0. The number of hydrogen-bond donors (Lipinski definition) is 0. The summed E-state index contributed by atoms with van der Waals surface area (Å²) in [6.07, 6.45) is 0. The van der Waals surface area contributed by atoms with Crippen LogP contribution < -0.4 is 0 Å². The summed E-state index contributed by atoms with van der Waals surface area (Å²) in [5.74, 6) is 1.82. The van der Waals surface area contributed by atoms with Gasteiger partial charge in [0.25, 0.3) is 0 Å². The number of para-hydroxylation sites is 1. The Labute approximate surface area is 338 Å². The molecule has 4 nitrogen and oxygen atoms in total. The molecule has 0 saturated carbocycles. The largest absolute Gasteiger partial charge is 0.277 e. The van der Waals surface area contributed by atoms with Crippen molar-refractivity contribution in [3.05, 3.63) is 194 Å². The third-order valence-corrected chi connectivity index (χ3v) is 12.6. The van der Waals surface area contributed by atoms with Gasteiger partial charge in [0.05, 0.1) is 11.0 Å². The molecule has 3 heterocycles. The Morgan fingerprint density at radius 1 is 0.362 bits per heavy atom. The van der Waals surface area contributed by atoms with Crippen molar-refractivity contribution in [3.8, 4) is 51.0 Å². The molecule has 0 N–H and O–H groups in total. The first-order valence-electron chi connectivity index (χ1n) is 19.5. The lowest BCUT2D eigenvalue weighted by Gasteiger charge is -2.13. The lowest BCUT2D eigenvalue weighted by Crippen LogP contribution is -2.07. The quantitative estimate of drug-likeness (QED) is 0.176. The highest BCUT2D eigenvalue weighted by Crippen LogP contribution is 2.44. The van der Waals surface area contributed by atoms with Gasteiger partial charge in [0.15, 0.2) is 11.6 Å². The zero-order valence-corrected chi connectivity index (χ0v) is 32.0. The number of rotatable bonds is 5. The van der Waals surface area contributed by atoms with Crippen molar-refractivity contribution in [1.29, 1.82) is 0 Å². The SMILES string of the molecule is c1ccc(-c2ccc(-c3nc(-c4ccccc4)nc(-n4c5ccc6ccccc6c5c5cccc(-c6ccc7c(c6)sc6ccc8ccccc8c67)c54)n3)cc2)cc1. The number of fused-ring (bicyclic) bond motifs is 10. The molecule has 0 aliphatic carbocycles. The van der Waals surface area contributed by atoms with Crippen LogP contribution in [0.2, 0.25) is 0 Å². The molecule has 5 heteroatoms. The average Bonchev–Trinajstić information content (AvgIpc) is 3.86. The molecule has 0 atom stereocenters. The highest BCUT2D eigenvalue weighted by molar-refractivity contribution is 7.26. The summed E-state index contributed by atoms with van der Waals surface area (Å²) in [7, 11) is 0. The standard InChI is InChI=1S/C53H32N4S/c1-3-12-33(13-4-1)34-22-24-38(25-23-34)52-54-51(37-16-5-2-6-17-37)55-53(56-52)57-45-30-27-35-14-7-9-18-40(35)48(45)44-21-11-20-42(50(44)57)39-26-29-43-47(32-39)58-46-31-28-36-15-8-10-19-41(36)49(43)46/h1-32H. The Morgan fingerprint density at radius 2 is 0.931 bits per heavy atom. The first kappa shape index (κ1) is 32.7. The lowest BCUT2D eigenvalue weighted by atomic mass is 9.98. The number of thiophene rings is 1. The van der Waals surface area contributed by atoms with Crippen LogP contribution in [0.1, 0.15) is 0 Å². The van der Waals surface area contributed by atoms with Crippen molar-refractivity contribution < 1.29 is 0 Å². The van der Waals surface area contributed by atoms with Gasteiger partial charge in [-0.15, -0.1) is 11.3 Å². The van der Waals surface area contributed by atoms with Gasteiger partial charge in [-0.25, -0.2) is 4.98 Å².